The molecule has 4 unspecified atom stereocenters. The van der Waals surface area contributed by atoms with E-state index in [0.29, 0.717) is 0 Å². The largest absolute Gasteiger partial charge is 0.756 e. The third kappa shape index (κ3) is 12.7. The van der Waals surface area contributed by atoms with Crippen LogP contribution in [-0.2, 0) is 83.0 Å². The molecule has 16 atom stereocenters. The fourth-order valence-corrected chi connectivity index (χ4v) is 13.9. The van der Waals surface area contributed by atoms with E-state index in [9.17, 15) is 67.8 Å². The van der Waals surface area contributed by atoms with Gasteiger partial charge in [0.05, 0.1) is 39.3 Å². The number of fused-ring (bicyclic) bond motifs is 2. The van der Waals surface area contributed by atoms with Crippen LogP contribution in [0.2, 0.25) is 0 Å². The van der Waals surface area contributed by atoms with Crippen molar-refractivity contribution in [2.24, 2.45) is 13.0 Å². The molecule has 0 saturated carbocycles. The summed E-state index contributed by atoms with van der Waals surface area (Å²) in [4.78, 5) is 117. The molecule has 42 heteroatoms. The summed E-state index contributed by atoms with van der Waals surface area (Å²) in [5.41, 5.74) is 9.26. The van der Waals surface area contributed by atoms with Gasteiger partial charge in [-0.15, -0.1) is 0 Å². The number of H-pyrrole nitrogens is 2. The third-order valence-corrected chi connectivity index (χ3v) is 18.2. The number of carbonyl (C=O) groups excluding carboxylic acids is 1. The molecule has 37 nitrogen and oxygen atoms in total. The number of aliphatic hydroxyl groups excluding tert-OH is 3. The van der Waals surface area contributed by atoms with E-state index in [2.05, 4.69) is 33.5 Å². The molecule has 5 aromatic heterocycles. The molecular weight excluding hydrogens is 1140 g/mol. The first-order chi connectivity index (χ1) is 36.0. The minimum absolute atomic E-state index is 0.00408. The van der Waals surface area contributed by atoms with Crippen molar-refractivity contribution in [1.82, 2.24) is 48.5 Å². The van der Waals surface area contributed by atoms with Crippen molar-refractivity contribution < 1.29 is 104 Å². The van der Waals surface area contributed by atoms with Gasteiger partial charge in [0.1, 0.15) is 54.6 Å². The summed E-state index contributed by atoms with van der Waals surface area (Å²) in [6.07, 6.45) is -14.0. The van der Waals surface area contributed by atoms with Crippen LogP contribution in [0.25, 0.3) is 22.3 Å². The molecule has 424 valence electrons. The standard InChI is InChI=1S/C35H49N13O24P4S/c1-44(2)19(50)7-14-15(67-31(22(14)51)48-13-45(3)21-29(48)42-34(37)43-30(21)54)8-65-74(58,59)71-75(60,61)72-76(62,77)66-10-17-25(26(63-4)33(69-17)47-12-40-20-27(36)38-11-39-28(20)47)70-73(56,57)64-9-16-23(52)24(53)32(68-16)46-6-5-18(49)41-35(46)55/h5-6,11-17,22-26,31-33,51-53H,7-10H2,1-4H3,(H9-,36,37,38,39,41,42,43,49,54,55,56,57,58,59,60,61,62,77)/t14-,15-,16-,17-,22-,23-,24-,25-,26-,31-,32-,33-,76?/m1/s1. The molecule has 0 aromatic carbocycles. The van der Waals surface area contributed by atoms with E-state index in [-0.39, 0.29) is 34.1 Å². The lowest BCUT2D eigenvalue weighted by Gasteiger charge is -2.31. The van der Waals surface area contributed by atoms with Crippen LogP contribution in [0.3, 0.4) is 0 Å². The van der Waals surface area contributed by atoms with E-state index in [1.165, 1.54) is 46.1 Å². The van der Waals surface area contributed by atoms with Crippen LogP contribution >= 0.6 is 30.2 Å². The number of methoxy groups -OCH3 is 1. The van der Waals surface area contributed by atoms with Crippen molar-refractivity contribution in [2.75, 3.05) is 52.5 Å². The van der Waals surface area contributed by atoms with Gasteiger partial charge in [-0.3, -0.25) is 47.1 Å². The zero-order valence-corrected chi connectivity index (χ0v) is 44.4. The number of anilines is 2. The number of rotatable bonds is 21. The number of amides is 1. The lowest BCUT2D eigenvalue weighted by molar-refractivity contribution is -0.745. The Labute approximate surface area is 434 Å². The Morgan fingerprint density at radius 2 is 1.57 bits per heavy atom. The van der Waals surface area contributed by atoms with Gasteiger partial charge in [-0.2, -0.15) is 4.31 Å². The van der Waals surface area contributed by atoms with Gasteiger partial charge in [0.15, 0.2) is 30.2 Å². The van der Waals surface area contributed by atoms with E-state index in [1.807, 2.05) is 4.98 Å². The molecule has 0 spiro atoms. The zero-order chi connectivity index (χ0) is 56.3. The highest BCUT2D eigenvalue weighted by atomic mass is 32.5. The minimum Gasteiger partial charge on any atom is -0.756 e. The van der Waals surface area contributed by atoms with Gasteiger partial charge < -0.3 is 83.8 Å². The van der Waals surface area contributed by atoms with Gasteiger partial charge in [0.25, 0.3) is 24.9 Å². The molecular formula is C35H49N13O24P4S. The number of nitrogen functional groups attached to an aromatic ring is 2. The summed E-state index contributed by atoms with van der Waals surface area (Å²) in [7, 11) is -12.1. The van der Waals surface area contributed by atoms with Crippen molar-refractivity contribution in [2.45, 2.75) is 73.9 Å². The first-order valence-corrected chi connectivity index (χ1v) is 29.1. The Balaban J connectivity index is 0.951. The maximum absolute atomic E-state index is 13.5. The molecule has 0 aliphatic carbocycles. The van der Waals surface area contributed by atoms with Gasteiger partial charge in [-0.1, -0.05) is 4.98 Å². The molecule has 3 saturated heterocycles. The van der Waals surface area contributed by atoms with E-state index < -0.39 is 153 Å². The van der Waals surface area contributed by atoms with Crippen molar-refractivity contribution in [3.8, 4) is 0 Å². The molecule has 3 fully saturated rings. The number of hydrogen-bond donors (Lipinski definition) is 10. The van der Waals surface area contributed by atoms with E-state index >= 15 is 0 Å². The zero-order valence-electron chi connectivity index (χ0n) is 40.1. The smallest absolute Gasteiger partial charge is 0.488 e. The van der Waals surface area contributed by atoms with Crippen molar-refractivity contribution in [3.05, 3.63) is 62.4 Å². The van der Waals surface area contributed by atoms with Crippen molar-refractivity contribution in [1.29, 1.82) is 0 Å². The second-order valence-electron chi connectivity index (χ2n) is 17.4. The molecule has 8 rings (SSSR count). The topological polar surface area (TPSA) is 513 Å². The molecule has 8 heterocycles. The normalized spacial score (nSPS) is 29.8. The predicted molar refractivity (Wildman–Crippen MR) is 253 cm³/mol. The van der Waals surface area contributed by atoms with Crippen molar-refractivity contribution in [3.63, 3.8) is 0 Å². The van der Waals surface area contributed by atoms with Gasteiger partial charge in [-0.25, -0.2) is 37.8 Å². The summed E-state index contributed by atoms with van der Waals surface area (Å²) in [5, 5.41) is 32.8. The number of aryl methyl sites for hydroxylation is 1. The molecule has 0 bridgehead atoms. The minimum atomic E-state index is -6.04. The Kier molecular flexibility index (Phi) is 17.0. The highest BCUT2D eigenvalue weighted by Gasteiger charge is 2.53. The van der Waals surface area contributed by atoms with Crippen LogP contribution in [0.5, 0.6) is 0 Å². The maximum atomic E-state index is 13.5. The lowest BCUT2D eigenvalue weighted by Crippen LogP contribution is -2.45. The number of phosphoric acid groups is 3. The van der Waals surface area contributed by atoms with Crippen LogP contribution < -0.4 is 37.7 Å². The second-order valence-corrected chi connectivity index (χ2v) is 24.7. The first-order valence-electron chi connectivity index (χ1n) is 22.1. The van der Waals surface area contributed by atoms with Crippen LogP contribution in [-0.4, -0.2) is 174 Å². The van der Waals surface area contributed by atoms with E-state index in [0.717, 1.165) is 36.6 Å². The fraction of sp³-hybridized carbons (Fsp3) is 0.571. The molecule has 5 aromatic rings. The Morgan fingerprint density at radius 3 is 2.26 bits per heavy atom. The van der Waals surface area contributed by atoms with Crippen LogP contribution in [0, 0.1) is 5.92 Å². The number of aliphatic hydroxyl groups is 3. The monoisotopic (exact) mass is 1190 g/mol. The summed E-state index contributed by atoms with van der Waals surface area (Å²) < 4.78 is 97.3. The number of nitrogens with zero attached hydrogens (tertiary/aromatic N) is 9. The number of nitrogens with two attached hydrogens (primary N) is 2. The first kappa shape index (κ1) is 58.5. The highest BCUT2D eigenvalue weighted by Crippen LogP contribution is 2.68. The van der Waals surface area contributed by atoms with Gasteiger partial charge >= 0.3 is 33.7 Å². The molecule has 0 radical (unpaired) electrons. The van der Waals surface area contributed by atoms with Gasteiger partial charge in [-0.05, 0) is 11.8 Å². The molecule has 3 aliphatic rings. The summed E-state index contributed by atoms with van der Waals surface area (Å²) in [6.45, 7) is -8.34. The number of aromatic nitrogens is 10. The fourth-order valence-electron chi connectivity index (χ4n) is 8.50. The predicted octanol–water partition coefficient (Wildman–Crippen LogP) is -4.66. The summed E-state index contributed by atoms with van der Waals surface area (Å²) >= 11 is 4.91. The average molecular weight is 1190 g/mol. The SMILES string of the molecule is CO[C@@H]1[C@H](OP(=O)([O-])OC[C@H]2O[C@@H](n3ccc(=O)[nH]c3=O)[C@H](O)[C@@H]2O)[C@@H](COP(O)(=S)OP(=O)(O)OP(=O)(O)OC[C@H]2O[C@@H]([n+]3cn(C)c4c(=O)[nH]c(N)nc43)[C@H](O)[C@@H]2CC(=O)N(C)C)O[C@H]1n1cnc2c(N)ncnc21. The number of hydrogen-bond acceptors (Lipinski definition) is 28. The molecule has 3 aliphatic heterocycles. The molecule has 77 heavy (non-hydrogen) atoms. The molecule has 12 N–H and O–H groups in total. The highest BCUT2D eigenvalue weighted by molar-refractivity contribution is 8.08. The quantitative estimate of drug-likeness (QED) is 0.0244. The van der Waals surface area contributed by atoms with Crippen molar-refractivity contribution >= 4 is 82.0 Å². The Morgan fingerprint density at radius 1 is 0.883 bits per heavy atom. The van der Waals surface area contributed by atoms with Gasteiger partial charge in [0.2, 0.25) is 17.7 Å². The van der Waals surface area contributed by atoms with Crippen LogP contribution in [0.4, 0.5) is 11.8 Å². The number of nitrogens with one attached hydrogen (secondary N) is 2. The summed E-state index contributed by atoms with van der Waals surface area (Å²) in [5.74, 6) is -2.12. The van der Waals surface area contributed by atoms with Crippen LogP contribution in [0.15, 0.2) is 45.6 Å². The van der Waals surface area contributed by atoms with E-state index in [4.69, 9.17) is 60.3 Å². The van der Waals surface area contributed by atoms with Crippen LogP contribution in [0.1, 0.15) is 25.1 Å². The number of phosphoric ester groups is 2. The third-order valence-electron chi connectivity index (χ3n) is 12.0. The Bertz CT molecular complexity index is 3420. The molecule has 1 amide bonds. The second kappa shape index (κ2) is 22.4. The number of ether oxygens (including phenoxy) is 4. The van der Waals surface area contributed by atoms with Gasteiger partial charge in [0, 0.05) is 45.8 Å². The Hall–Kier alpha value is -4.69. The summed E-state index contributed by atoms with van der Waals surface area (Å²) in [6, 6.07) is 0.924. The average Bonchev–Trinajstić information content (AvgIpc) is 4.13. The maximum Gasteiger partial charge on any atom is 0.488 e. The lowest BCUT2D eigenvalue weighted by atomic mass is 9.94. The number of carbonyl (C=O) groups is 1. The van der Waals surface area contributed by atoms with E-state index in [1.54, 1.807) is 0 Å². The number of imidazole rings is 2. The number of aromatic amines is 2.